The number of ether oxygens (including phenoxy) is 2. The maximum Gasteiger partial charge on any atom is 0.308 e. The van der Waals surface area contributed by atoms with Crippen molar-refractivity contribution in [2.24, 2.45) is 0 Å². The van der Waals surface area contributed by atoms with E-state index >= 15 is 0 Å². The minimum Gasteiger partial charge on any atom is -0.502 e. The molecule has 0 amide bonds. The lowest BCUT2D eigenvalue weighted by atomic mass is 10.1. The van der Waals surface area contributed by atoms with Crippen LogP contribution in [-0.2, 0) is 9.59 Å². The Balaban J connectivity index is 3.31. The molecule has 0 aliphatic rings. The lowest BCUT2D eigenvalue weighted by Crippen LogP contribution is -2.07. The summed E-state index contributed by atoms with van der Waals surface area (Å²) in [6.07, 6.45) is 0. The average molecular weight is 238 g/mol. The van der Waals surface area contributed by atoms with Gasteiger partial charge < -0.3 is 14.6 Å². The van der Waals surface area contributed by atoms with Gasteiger partial charge in [0.25, 0.3) is 0 Å². The van der Waals surface area contributed by atoms with Crippen molar-refractivity contribution >= 4 is 11.9 Å². The largest absolute Gasteiger partial charge is 0.502 e. The number of rotatable bonds is 2. The molecule has 0 spiro atoms. The third-order valence-corrected chi connectivity index (χ3v) is 2.23. The van der Waals surface area contributed by atoms with E-state index < -0.39 is 11.9 Å². The van der Waals surface area contributed by atoms with Crippen molar-refractivity contribution in [3.05, 3.63) is 17.2 Å². The molecular formula is C12H14O5. The second-order valence-electron chi connectivity index (χ2n) is 3.68. The van der Waals surface area contributed by atoms with Crippen LogP contribution < -0.4 is 9.47 Å². The molecule has 0 atom stereocenters. The minimum absolute atomic E-state index is 0.0168. The van der Waals surface area contributed by atoms with E-state index in [1.807, 2.05) is 0 Å². The minimum atomic E-state index is -0.558. The lowest BCUT2D eigenvalue weighted by Gasteiger charge is -2.13. The molecular weight excluding hydrogens is 224 g/mol. The van der Waals surface area contributed by atoms with Gasteiger partial charge in [-0.2, -0.15) is 0 Å². The standard InChI is InChI=1S/C12H14O5/c1-6-5-10(16-8(3)13)11(15)12(7(6)2)17-9(4)14/h5,15H,1-4H3. The van der Waals surface area contributed by atoms with Crippen molar-refractivity contribution in [2.45, 2.75) is 27.7 Å². The molecule has 92 valence electrons. The zero-order valence-electron chi connectivity index (χ0n) is 10.2. The summed E-state index contributed by atoms with van der Waals surface area (Å²) in [5.41, 5.74) is 1.36. The Morgan fingerprint density at radius 1 is 1.12 bits per heavy atom. The van der Waals surface area contributed by atoms with Crippen LogP contribution in [0.25, 0.3) is 0 Å². The lowest BCUT2D eigenvalue weighted by molar-refractivity contribution is -0.132. The molecule has 0 fully saturated rings. The normalized spacial score (nSPS) is 9.88. The number of phenolic OH excluding ortho intramolecular Hbond substituents is 1. The first-order chi connectivity index (χ1) is 7.82. The second-order valence-corrected chi connectivity index (χ2v) is 3.68. The van der Waals surface area contributed by atoms with Crippen LogP contribution in [0.1, 0.15) is 25.0 Å². The van der Waals surface area contributed by atoms with Gasteiger partial charge in [-0.3, -0.25) is 9.59 Å². The van der Waals surface area contributed by atoms with Gasteiger partial charge in [-0.05, 0) is 31.0 Å². The fraction of sp³-hybridized carbons (Fsp3) is 0.333. The van der Waals surface area contributed by atoms with E-state index in [9.17, 15) is 14.7 Å². The fourth-order valence-electron chi connectivity index (χ4n) is 1.34. The molecule has 0 saturated carbocycles. The molecule has 1 N–H and O–H groups in total. The molecule has 1 rings (SSSR count). The second kappa shape index (κ2) is 4.86. The van der Waals surface area contributed by atoms with Crippen LogP contribution in [0.3, 0.4) is 0 Å². The number of benzene rings is 1. The first-order valence-corrected chi connectivity index (χ1v) is 5.03. The van der Waals surface area contributed by atoms with Crippen LogP contribution in [0.15, 0.2) is 6.07 Å². The van der Waals surface area contributed by atoms with Gasteiger partial charge in [-0.15, -0.1) is 0 Å². The molecule has 0 aliphatic carbocycles. The Bertz CT molecular complexity index is 476. The van der Waals surface area contributed by atoms with Crippen molar-refractivity contribution in [3.8, 4) is 17.2 Å². The number of esters is 2. The monoisotopic (exact) mass is 238 g/mol. The average Bonchev–Trinajstić information content (AvgIpc) is 2.20. The summed E-state index contributed by atoms with van der Waals surface area (Å²) in [6, 6.07) is 1.51. The molecule has 5 nitrogen and oxygen atoms in total. The van der Waals surface area contributed by atoms with Crippen LogP contribution in [0.5, 0.6) is 17.2 Å². The van der Waals surface area contributed by atoms with E-state index in [0.717, 1.165) is 5.56 Å². The molecule has 0 radical (unpaired) electrons. The van der Waals surface area contributed by atoms with Crippen LogP contribution >= 0.6 is 0 Å². The van der Waals surface area contributed by atoms with Crippen molar-refractivity contribution < 1.29 is 24.2 Å². The number of carbonyl (C=O) groups excluding carboxylic acids is 2. The molecule has 0 aromatic heterocycles. The number of aromatic hydroxyl groups is 1. The summed E-state index contributed by atoms with van der Waals surface area (Å²) in [4.78, 5) is 21.8. The Morgan fingerprint density at radius 3 is 2.12 bits per heavy atom. The van der Waals surface area contributed by atoms with E-state index in [1.54, 1.807) is 13.8 Å². The summed E-state index contributed by atoms with van der Waals surface area (Å²) in [6.45, 7) is 5.91. The van der Waals surface area contributed by atoms with Crippen LogP contribution in [0.4, 0.5) is 0 Å². The highest BCUT2D eigenvalue weighted by Crippen LogP contribution is 2.40. The van der Waals surface area contributed by atoms with E-state index in [1.165, 1.54) is 19.9 Å². The predicted octanol–water partition coefficient (Wildman–Crippen LogP) is 1.86. The first kappa shape index (κ1) is 13.0. The Morgan fingerprint density at radius 2 is 1.65 bits per heavy atom. The number of aryl methyl sites for hydroxylation is 1. The summed E-state index contributed by atoms with van der Waals surface area (Å²) in [5, 5.41) is 9.84. The molecule has 0 aliphatic heterocycles. The zero-order valence-corrected chi connectivity index (χ0v) is 10.2. The van der Waals surface area contributed by atoms with E-state index in [0.29, 0.717) is 5.56 Å². The van der Waals surface area contributed by atoms with Crippen molar-refractivity contribution in [1.82, 2.24) is 0 Å². The SMILES string of the molecule is CC(=O)Oc1cc(C)c(C)c(OC(C)=O)c1O. The molecule has 17 heavy (non-hydrogen) atoms. The number of phenols is 1. The fourth-order valence-corrected chi connectivity index (χ4v) is 1.34. The van der Waals surface area contributed by atoms with Gasteiger partial charge in [0.15, 0.2) is 11.5 Å². The number of carbonyl (C=O) groups is 2. The van der Waals surface area contributed by atoms with Gasteiger partial charge in [0.1, 0.15) is 0 Å². The van der Waals surface area contributed by atoms with Crippen LogP contribution in [0, 0.1) is 13.8 Å². The number of hydrogen-bond donors (Lipinski definition) is 1. The Kier molecular flexibility index (Phi) is 3.73. The third-order valence-electron chi connectivity index (χ3n) is 2.23. The molecule has 1 aromatic rings. The van der Waals surface area contributed by atoms with Gasteiger partial charge in [-0.1, -0.05) is 0 Å². The number of hydrogen-bond acceptors (Lipinski definition) is 5. The quantitative estimate of drug-likeness (QED) is 0.628. The van der Waals surface area contributed by atoms with Gasteiger partial charge in [0.2, 0.25) is 5.75 Å². The van der Waals surface area contributed by atoms with E-state index in [-0.39, 0.29) is 17.2 Å². The summed E-state index contributed by atoms with van der Waals surface area (Å²) < 4.78 is 9.72. The highest BCUT2D eigenvalue weighted by molar-refractivity contribution is 5.75. The predicted molar refractivity (Wildman–Crippen MR) is 60.2 cm³/mol. The smallest absolute Gasteiger partial charge is 0.308 e. The van der Waals surface area contributed by atoms with Crippen LogP contribution in [0.2, 0.25) is 0 Å². The van der Waals surface area contributed by atoms with Gasteiger partial charge in [-0.25, -0.2) is 0 Å². The highest BCUT2D eigenvalue weighted by atomic mass is 16.6. The molecule has 0 saturated heterocycles. The van der Waals surface area contributed by atoms with Gasteiger partial charge >= 0.3 is 11.9 Å². The van der Waals surface area contributed by atoms with E-state index in [4.69, 9.17) is 9.47 Å². The summed E-state index contributed by atoms with van der Waals surface area (Å²) in [5.74, 6) is -1.45. The molecule has 0 unspecified atom stereocenters. The maximum atomic E-state index is 10.9. The van der Waals surface area contributed by atoms with Gasteiger partial charge in [0, 0.05) is 13.8 Å². The Labute approximate surface area is 99.0 Å². The molecule has 0 heterocycles. The van der Waals surface area contributed by atoms with Crippen molar-refractivity contribution in [1.29, 1.82) is 0 Å². The molecule has 0 bridgehead atoms. The summed E-state index contributed by atoms with van der Waals surface area (Å²) in [7, 11) is 0. The highest BCUT2D eigenvalue weighted by Gasteiger charge is 2.18. The molecule has 1 aromatic carbocycles. The van der Waals surface area contributed by atoms with E-state index in [2.05, 4.69) is 0 Å². The topological polar surface area (TPSA) is 72.8 Å². The third kappa shape index (κ3) is 2.96. The van der Waals surface area contributed by atoms with Gasteiger partial charge in [0.05, 0.1) is 0 Å². The summed E-state index contributed by atoms with van der Waals surface area (Å²) >= 11 is 0. The van der Waals surface area contributed by atoms with Crippen molar-refractivity contribution in [3.63, 3.8) is 0 Å². The Hall–Kier alpha value is -2.04. The van der Waals surface area contributed by atoms with Crippen molar-refractivity contribution in [2.75, 3.05) is 0 Å². The molecule has 5 heteroatoms. The zero-order chi connectivity index (χ0) is 13.2. The maximum absolute atomic E-state index is 10.9. The van der Waals surface area contributed by atoms with Crippen LogP contribution in [-0.4, -0.2) is 17.0 Å². The first-order valence-electron chi connectivity index (χ1n) is 5.03.